The fraction of sp³-hybridized carbons (Fsp3) is 0.533. The predicted octanol–water partition coefficient (Wildman–Crippen LogP) is 2.02. The molecule has 1 saturated heterocycles. The van der Waals surface area contributed by atoms with E-state index < -0.39 is 11.5 Å². The van der Waals surface area contributed by atoms with Crippen molar-refractivity contribution in [2.24, 2.45) is 0 Å². The van der Waals surface area contributed by atoms with Gasteiger partial charge in [0.1, 0.15) is 5.54 Å². The molecule has 5 heteroatoms. The molecule has 1 heterocycles. The number of halogens is 1. The number of benzene rings is 1. The molecule has 2 rings (SSSR count). The highest BCUT2D eigenvalue weighted by atomic mass is 35.5. The molecule has 1 aromatic carbocycles. The van der Waals surface area contributed by atoms with Gasteiger partial charge in [0.25, 0.3) is 0 Å². The largest absolute Gasteiger partial charge is 0.480 e. The molecule has 0 bridgehead atoms. The second kappa shape index (κ2) is 6.57. The molecule has 0 spiro atoms. The second-order valence-electron chi connectivity index (χ2n) is 5.47. The molecule has 2 N–H and O–H groups in total. The summed E-state index contributed by atoms with van der Waals surface area (Å²) in [6.45, 7) is 5.17. The topological polar surface area (TPSA) is 52.6 Å². The first kappa shape index (κ1) is 15.3. The standard InChI is InChI=1S/C15H21ClN2O2/c1-15(14(19)20,18-9-2-7-17-8-10-18)11-12-3-5-13(16)6-4-12/h3-6,17H,2,7-11H2,1H3,(H,19,20). The van der Waals surface area contributed by atoms with Crippen LogP contribution in [0.5, 0.6) is 0 Å². The highest BCUT2D eigenvalue weighted by Gasteiger charge is 2.39. The molecule has 110 valence electrons. The molecule has 1 aliphatic heterocycles. The molecule has 4 nitrogen and oxygen atoms in total. The number of hydrogen-bond acceptors (Lipinski definition) is 3. The van der Waals surface area contributed by atoms with Gasteiger partial charge < -0.3 is 10.4 Å². The van der Waals surface area contributed by atoms with Gasteiger partial charge in [0.2, 0.25) is 0 Å². The maximum absolute atomic E-state index is 11.8. The maximum Gasteiger partial charge on any atom is 0.324 e. The summed E-state index contributed by atoms with van der Waals surface area (Å²) in [4.78, 5) is 13.9. The third-order valence-corrected chi connectivity index (χ3v) is 4.21. The van der Waals surface area contributed by atoms with E-state index in [1.165, 1.54) is 0 Å². The van der Waals surface area contributed by atoms with Crippen LogP contribution in [-0.4, -0.2) is 47.7 Å². The summed E-state index contributed by atoms with van der Waals surface area (Å²) in [7, 11) is 0. The summed E-state index contributed by atoms with van der Waals surface area (Å²) in [5, 5.41) is 13.7. The lowest BCUT2D eigenvalue weighted by Crippen LogP contribution is -2.55. The Morgan fingerprint density at radius 3 is 2.70 bits per heavy atom. The maximum atomic E-state index is 11.8. The molecular weight excluding hydrogens is 276 g/mol. The summed E-state index contributed by atoms with van der Waals surface area (Å²) in [5.74, 6) is -0.769. The van der Waals surface area contributed by atoms with Crippen molar-refractivity contribution in [3.8, 4) is 0 Å². The highest BCUT2D eigenvalue weighted by molar-refractivity contribution is 6.30. The minimum Gasteiger partial charge on any atom is -0.480 e. The first-order valence-electron chi connectivity index (χ1n) is 6.96. The Balaban J connectivity index is 2.19. The zero-order chi connectivity index (χ0) is 14.6. The van der Waals surface area contributed by atoms with E-state index in [-0.39, 0.29) is 0 Å². The van der Waals surface area contributed by atoms with Crippen LogP contribution in [0, 0.1) is 0 Å². The molecule has 0 radical (unpaired) electrons. The van der Waals surface area contributed by atoms with E-state index in [1.807, 2.05) is 31.2 Å². The van der Waals surface area contributed by atoms with Gasteiger partial charge in [-0.15, -0.1) is 0 Å². The van der Waals surface area contributed by atoms with Crippen molar-refractivity contribution >= 4 is 17.6 Å². The van der Waals surface area contributed by atoms with Crippen LogP contribution in [0.25, 0.3) is 0 Å². The first-order valence-corrected chi connectivity index (χ1v) is 7.34. The van der Waals surface area contributed by atoms with E-state index in [1.54, 1.807) is 0 Å². The summed E-state index contributed by atoms with van der Waals surface area (Å²) in [6.07, 6.45) is 1.46. The average Bonchev–Trinajstić information content (AvgIpc) is 2.70. The zero-order valence-electron chi connectivity index (χ0n) is 11.7. The molecular formula is C15H21ClN2O2. The van der Waals surface area contributed by atoms with Gasteiger partial charge in [-0.2, -0.15) is 0 Å². The van der Waals surface area contributed by atoms with Crippen LogP contribution in [0.3, 0.4) is 0 Å². The van der Waals surface area contributed by atoms with Crippen LogP contribution in [0.15, 0.2) is 24.3 Å². The van der Waals surface area contributed by atoms with Crippen LogP contribution >= 0.6 is 11.6 Å². The Morgan fingerprint density at radius 2 is 2.05 bits per heavy atom. The molecule has 0 amide bonds. The lowest BCUT2D eigenvalue weighted by atomic mass is 9.90. The minimum absolute atomic E-state index is 0.486. The number of nitrogens with zero attached hydrogens (tertiary/aromatic N) is 1. The van der Waals surface area contributed by atoms with Crippen molar-refractivity contribution < 1.29 is 9.90 Å². The van der Waals surface area contributed by atoms with E-state index in [0.717, 1.165) is 38.2 Å². The van der Waals surface area contributed by atoms with Gasteiger partial charge >= 0.3 is 5.97 Å². The Hall–Kier alpha value is -1.10. The SMILES string of the molecule is CC(Cc1ccc(Cl)cc1)(C(=O)O)N1CCCNCC1. The second-order valence-corrected chi connectivity index (χ2v) is 5.91. The van der Waals surface area contributed by atoms with Gasteiger partial charge in [-0.1, -0.05) is 23.7 Å². The normalized spacial score (nSPS) is 20.1. The Bertz CT molecular complexity index is 455. The van der Waals surface area contributed by atoms with Gasteiger partial charge in [0.05, 0.1) is 0 Å². The molecule has 20 heavy (non-hydrogen) atoms. The molecule has 0 aromatic heterocycles. The van der Waals surface area contributed by atoms with Gasteiger partial charge in [-0.3, -0.25) is 9.69 Å². The number of rotatable bonds is 4. The number of carbonyl (C=O) groups is 1. The van der Waals surface area contributed by atoms with Crippen molar-refractivity contribution in [2.75, 3.05) is 26.2 Å². The van der Waals surface area contributed by atoms with Crippen molar-refractivity contribution in [3.05, 3.63) is 34.9 Å². The van der Waals surface area contributed by atoms with E-state index in [2.05, 4.69) is 10.2 Å². The zero-order valence-corrected chi connectivity index (χ0v) is 12.5. The van der Waals surface area contributed by atoms with Crippen LogP contribution in [0.1, 0.15) is 18.9 Å². The molecule has 1 fully saturated rings. The van der Waals surface area contributed by atoms with E-state index in [9.17, 15) is 9.90 Å². The van der Waals surface area contributed by atoms with Gasteiger partial charge in [-0.25, -0.2) is 0 Å². The van der Waals surface area contributed by atoms with Crippen molar-refractivity contribution in [1.29, 1.82) is 0 Å². The number of hydrogen-bond donors (Lipinski definition) is 2. The monoisotopic (exact) mass is 296 g/mol. The number of carboxylic acids is 1. The third kappa shape index (κ3) is 3.51. The molecule has 1 aliphatic rings. The van der Waals surface area contributed by atoms with Crippen LogP contribution < -0.4 is 5.32 Å². The van der Waals surface area contributed by atoms with Crippen molar-refractivity contribution in [1.82, 2.24) is 10.2 Å². The number of aliphatic carboxylic acids is 1. The summed E-state index contributed by atoms with van der Waals surface area (Å²) < 4.78 is 0. The number of carboxylic acid groups (broad SMARTS) is 1. The van der Waals surface area contributed by atoms with Crippen molar-refractivity contribution in [3.63, 3.8) is 0 Å². The van der Waals surface area contributed by atoms with Crippen LogP contribution in [-0.2, 0) is 11.2 Å². The van der Waals surface area contributed by atoms with Crippen molar-refractivity contribution in [2.45, 2.75) is 25.3 Å². The Morgan fingerprint density at radius 1 is 1.35 bits per heavy atom. The molecule has 1 atom stereocenters. The van der Waals surface area contributed by atoms with E-state index in [4.69, 9.17) is 11.6 Å². The predicted molar refractivity (Wildman–Crippen MR) is 80.3 cm³/mol. The molecule has 1 aromatic rings. The Labute approximate surface area is 124 Å². The van der Waals surface area contributed by atoms with Crippen LogP contribution in [0.2, 0.25) is 5.02 Å². The Kier molecular flexibility index (Phi) is 5.02. The molecule has 1 unspecified atom stereocenters. The first-order chi connectivity index (χ1) is 9.52. The van der Waals surface area contributed by atoms with Gasteiger partial charge in [0, 0.05) is 31.1 Å². The van der Waals surface area contributed by atoms with E-state index >= 15 is 0 Å². The molecule has 0 aliphatic carbocycles. The average molecular weight is 297 g/mol. The number of nitrogens with one attached hydrogen (secondary N) is 1. The lowest BCUT2D eigenvalue weighted by molar-refractivity contribution is -0.150. The molecule has 0 saturated carbocycles. The lowest BCUT2D eigenvalue weighted by Gasteiger charge is -2.37. The van der Waals surface area contributed by atoms with Crippen LogP contribution in [0.4, 0.5) is 0 Å². The van der Waals surface area contributed by atoms with Gasteiger partial charge in [-0.05, 0) is 37.6 Å². The highest BCUT2D eigenvalue weighted by Crippen LogP contribution is 2.23. The smallest absolute Gasteiger partial charge is 0.324 e. The quantitative estimate of drug-likeness (QED) is 0.892. The third-order valence-electron chi connectivity index (χ3n) is 3.96. The van der Waals surface area contributed by atoms with E-state index in [0.29, 0.717) is 11.4 Å². The summed E-state index contributed by atoms with van der Waals surface area (Å²) in [5.41, 5.74) is 0.122. The van der Waals surface area contributed by atoms with Gasteiger partial charge in [0.15, 0.2) is 0 Å². The fourth-order valence-electron chi connectivity index (χ4n) is 2.66. The summed E-state index contributed by atoms with van der Waals surface area (Å²) >= 11 is 5.88. The summed E-state index contributed by atoms with van der Waals surface area (Å²) in [6, 6.07) is 7.42. The minimum atomic E-state index is -0.875. The fourth-order valence-corrected chi connectivity index (χ4v) is 2.79.